The minimum Gasteiger partial charge on any atom is -0.490 e. The topological polar surface area (TPSA) is 52.8 Å². The molecule has 0 saturated carbocycles. The molecule has 0 aliphatic carbocycles. The molecule has 3 aromatic rings. The molecule has 7 heteroatoms. The highest BCUT2D eigenvalue weighted by atomic mass is 32.2. The molecule has 2 aromatic carbocycles. The Morgan fingerprint density at radius 2 is 2.00 bits per heavy atom. The number of benzene rings is 2. The molecule has 3 rings (SSSR count). The molecular weight excluding hydrogens is 327 g/mol. The molecule has 5 nitrogen and oxygen atoms in total. The molecule has 0 aliphatic heterocycles. The average Bonchev–Trinajstić information content (AvgIpc) is 3.01. The Labute approximate surface area is 143 Å². The Bertz CT molecular complexity index is 837. The van der Waals surface area contributed by atoms with Gasteiger partial charge in [-0.05, 0) is 48.0 Å². The minimum absolute atomic E-state index is 0.257. The Morgan fingerprint density at radius 3 is 2.79 bits per heavy atom. The Morgan fingerprint density at radius 1 is 1.17 bits per heavy atom. The lowest BCUT2D eigenvalue weighted by Gasteiger charge is -2.09. The predicted octanol–water partition coefficient (Wildman–Crippen LogP) is 3.59. The van der Waals surface area contributed by atoms with Crippen LogP contribution in [0, 0.1) is 19.7 Å². The number of ether oxygens (including phenoxy) is 1. The second-order valence-corrected chi connectivity index (χ2v) is 6.35. The third-order valence-electron chi connectivity index (χ3n) is 3.43. The smallest absolute Gasteiger partial charge is 0.214 e. The molecule has 0 spiro atoms. The van der Waals surface area contributed by atoms with Crippen molar-refractivity contribution in [3.63, 3.8) is 0 Å². The summed E-state index contributed by atoms with van der Waals surface area (Å²) in [6, 6.07) is 12.5. The molecule has 0 radical (unpaired) electrons. The van der Waals surface area contributed by atoms with Gasteiger partial charge in [0.25, 0.3) is 0 Å². The first kappa shape index (κ1) is 16.4. The van der Waals surface area contributed by atoms with Crippen molar-refractivity contribution in [2.75, 3.05) is 12.4 Å². The quantitative estimate of drug-likeness (QED) is 0.505. The van der Waals surface area contributed by atoms with Gasteiger partial charge in [0.05, 0.1) is 12.3 Å². The van der Waals surface area contributed by atoms with Crippen LogP contribution in [-0.2, 0) is 0 Å². The fourth-order valence-electron chi connectivity index (χ4n) is 2.31. The Balaban J connectivity index is 1.63. The lowest BCUT2D eigenvalue weighted by Crippen LogP contribution is -2.05. The summed E-state index contributed by atoms with van der Waals surface area (Å²) in [5.41, 5.74) is 3.24. The maximum Gasteiger partial charge on any atom is 0.214 e. The van der Waals surface area contributed by atoms with Gasteiger partial charge in [0.1, 0.15) is 0 Å². The van der Waals surface area contributed by atoms with Gasteiger partial charge in [-0.15, -0.1) is 5.10 Å². The zero-order chi connectivity index (χ0) is 16.9. The van der Waals surface area contributed by atoms with Gasteiger partial charge in [0, 0.05) is 5.75 Å². The van der Waals surface area contributed by atoms with E-state index in [0.29, 0.717) is 17.5 Å². The lowest BCUT2D eigenvalue weighted by atomic mass is 10.1. The van der Waals surface area contributed by atoms with E-state index in [1.807, 2.05) is 26.0 Å². The highest BCUT2D eigenvalue weighted by Crippen LogP contribution is 2.22. The molecule has 124 valence electrons. The predicted molar refractivity (Wildman–Crippen MR) is 91.2 cm³/mol. The molecule has 0 aliphatic rings. The highest BCUT2D eigenvalue weighted by molar-refractivity contribution is 7.99. The van der Waals surface area contributed by atoms with E-state index in [1.54, 1.807) is 22.9 Å². The summed E-state index contributed by atoms with van der Waals surface area (Å²) in [4.78, 5) is 0. The first-order valence-corrected chi connectivity index (χ1v) is 8.50. The van der Waals surface area contributed by atoms with E-state index in [0.717, 1.165) is 11.3 Å². The average molecular weight is 344 g/mol. The molecule has 0 amide bonds. The maximum atomic E-state index is 13.5. The molecule has 0 bridgehead atoms. The molecule has 0 saturated heterocycles. The number of para-hydroxylation sites is 1. The van der Waals surface area contributed by atoms with E-state index in [1.165, 1.54) is 23.4 Å². The first-order valence-electron chi connectivity index (χ1n) is 7.51. The number of hydrogen-bond acceptors (Lipinski definition) is 5. The van der Waals surface area contributed by atoms with E-state index in [-0.39, 0.29) is 11.6 Å². The normalized spacial score (nSPS) is 10.8. The lowest BCUT2D eigenvalue weighted by molar-refractivity contribution is 0.325. The number of thioether (sulfide) groups is 1. The van der Waals surface area contributed by atoms with Crippen molar-refractivity contribution in [2.24, 2.45) is 0 Å². The van der Waals surface area contributed by atoms with Crippen LogP contribution in [0.5, 0.6) is 5.75 Å². The Hall–Kier alpha value is -2.41. The van der Waals surface area contributed by atoms with Crippen molar-refractivity contribution in [2.45, 2.75) is 19.0 Å². The van der Waals surface area contributed by atoms with Gasteiger partial charge in [-0.25, -0.2) is 4.39 Å². The summed E-state index contributed by atoms with van der Waals surface area (Å²) >= 11 is 1.47. The number of rotatable bonds is 6. The third-order valence-corrected chi connectivity index (χ3v) is 4.31. The number of tetrazole rings is 1. The summed E-state index contributed by atoms with van der Waals surface area (Å²) in [7, 11) is 0. The van der Waals surface area contributed by atoms with Crippen LogP contribution in [0.15, 0.2) is 47.6 Å². The van der Waals surface area contributed by atoms with Crippen LogP contribution in [0.4, 0.5) is 4.39 Å². The largest absolute Gasteiger partial charge is 0.490 e. The highest BCUT2D eigenvalue weighted by Gasteiger charge is 2.11. The van der Waals surface area contributed by atoms with E-state index < -0.39 is 0 Å². The van der Waals surface area contributed by atoms with Gasteiger partial charge in [-0.3, -0.25) is 0 Å². The van der Waals surface area contributed by atoms with Crippen molar-refractivity contribution < 1.29 is 9.13 Å². The zero-order valence-electron chi connectivity index (χ0n) is 13.4. The van der Waals surface area contributed by atoms with Gasteiger partial charge in [-0.2, -0.15) is 4.68 Å². The van der Waals surface area contributed by atoms with Crippen LogP contribution >= 0.6 is 11.8 Å². The van der Waals surface area contributed by atoms with Crippen LogP contribution in [-0.4, -0.2) is 32.6 Å². The minimum atomic E-state index is -0.359. The molecule has 0 atom stereocenters. The van der Waals surface area contributed by atoms with Crippen LogP contribution in [0.2, 0.25) is 0 Å². The number of hydrogen-bond donors (Lipinski definition) is 0. The summed E-state index contributed by atoms with van der Waals surface area (Å²) in [6.45, 7) is 4.44. The van der Waals surface area contributed by atoms with Gasteiger partial charge in [0.15, 0.2) is 11.6 Å². The molecule has 24 heavy (non-hydrogen) atoms. The third kappa shape index (κ3) is 3.73. The van der Waals surface area contributed by atoms with Crippen LogP contribution in [0.3, 0.4) is 0 Å². The molecule has 0 unspecified atom stereocenters. The molecule has 0 fully saturated rings. The number of halogens is 1. The van der Waals surface area contributed by atoms with Gasteiger partial charge in [-0.1, -0.05) is 41.6 Å². The van der Waals surface area contributed by atoms with Crippen molar-refractivity contribution >= 4 is 11.8 Å². The van der Waals surface area contributed by atoms with Crippen LogP contribution in [0.25, 0.3) is 5.69 Å². The number of aryl methyl sites for hydroxylation is 2. The van der Waals surface area contributed by atoms with E-state index in [9.17, 15) is 4.39 Å². The van der Waals surface area contributed by atoms with Gasteiger partial charge in [0.2, 0.25) is 5.16 Å². The molecule has 1 aromatic heterocycles. The molecular formula is C17H17FN4OS. The van der Waals surface area contributed by atoms with Gasteiger partial charge >= 0.3 is 0 Å². The fraction of sp³-hybridized carbons (Fsp3) is 0.235. The second-order valence-electron chi connectivity index (χ2n) is 5.29. The van der Waals surface area contributed by atoms with E-state index in [4.69, 9.17) is 4.74 Å². The van der Waals surface area contributed by atoms with E-state index in [2.05, 4.69) is 21.6 Å². The second kappa shape index (κ2) is 7.44. The number of nitrogens with zero attached hydrogens (tertiary/aromatic N) is 4. The molecule has 1 heterocycles. The summed E-state index contributed by atoms with van der Waals surface area (Å²) in [6.07, 6.45) is 0. The summed E-state index contributed by atoms with van der Waals surface area (Å²) < 4.78 is 20.6. The van der Waals surface area contributed by atoms with Crippen LogP contribution < -0.4 is 4.74 Å². The standard InChI is InChI=1S/C17H17FN4OS/c1-12-7-8-15(13(2)11-12)22-17(19-20-21-22)24-10-9-23-16-6-4-3-5-14(16)18/h3-8,11H,9-10H2,1-2H3. The van der Waals surface area contributed by atoms with E-state index >= 15 is 0 Å². The SMILES string of the molecule is Cc1ccc(-n2nnnc2SCCOc2ccccc2F)c(C)c1. The van der Waals surface area contributed by atoms with Crippen LogP contribution in [0.1, 0.15) is 11.1 Å². The monoisotopic (exact) mass is 344 g/mol. The van der Waals surface area contributed by atoms with Crippen molar-refractivity contribution in [3.05, 3.63) is 59.4 Å². The van der Waals surface area contributed by atoms with Crippen molar-refractivity contribution in [1.82, 2.24) is 20.2 Å². The van der Waals surface area contributed by atoms with Crippen molar-refractivity contribution in [1.29, 1.82) is 0 Å². The summed E-state index contributed by atoms with van der Waals surface area (Å²) in [5, 5.41) is 12.5. The Kier molecular flexibility index (Phi) is 5.10. The fourth-order valence-corrected chi connectivity index (χ4v) is 3.01. The van der Waals surface area contributed by atoms with Gasteiger partial charge < -0.3 is 4.74 Å². The molecule has 0 N–H and O–H groups in total. The first-order chi connectivity index (χ1) is 11.6. The zero-order valence-corrected chi connectivity index (χ0v) is 14.3. The summed E-state index contributed by atoms with van der Waals surface area (Å²) in [5.74, 6) is 0.509. The maximum absolute atomic E-state index is 13.5. The number of aromatic nitrogens is 4. The van der Waals surface area contributed by atoms with Crippen molar-refractivity contribution in [3.8, 4) is 11.4 Å².